The van der Waals surface area contributed by atoms with Crippen LogP contribution < -0.4 is 4.74 Å². The Labute approximate surface area is 169 Å². The van der Waals surface area contributed by atoms with Crippen molar-refractivity contribution in [3.8, 4) is 5.75 Å². The number of hydrogen-bond donors (Lipinski definition) is 0. The molecule has 1 saturated heterocycles. The van der Waals surface area contributed by atoms with Crippen LogP contribution in [-0.2, 0) is 4.74 Å². The number of carbonyl (C=O) groups is 3. The van der Waals surface area contributed by atoms with Crippen molar-refractivity contribution in [1.29, 1.82) is 0 Å². The maximum Gasteiger partial charge on any atom is 0.513 e. The summed E-state index contributed by atoms with van der Waals surface area (Å²) in [7, 11) is 0. The second-order valence-corrected chi connectivity index (χ2v) is 6.49. The van der Waals surface area contributed by atoms with Gasteiger partial charge in [0.1, 0.15) is 5.75 Å². The summed E-state index contributed by atoms with van der Waals surface area (Å²) in [6.45, 7) is 3.98. The van der Waals surface area contributed by atoms with Gasteiger partial charge in [-0.15, -0.1) is 0 Å². The topological polar surface area (TPSA) is 89.0 Å². The Hall–Kier alpha value is -3.42. The molecule has 1 aliphatic rings. The summed E-state index contributed by atoms with van der Waals surface area (Å²) in [5.41, 5.74) is 1.04. The van der Waals surface area contributed by atoms with E-state index in [4.69, 9.17) is 9.47 Å². The van der Waals surface area contributed by atoms with Gasteiger partial charge in [0.15, 0.2) is 0 Å². The standard InChI is InChI=1S/C21H23N3O5/c1-2-28-21(27)29-18-8-6-16(7-9-18)19(25)23-11-4-12-24(14-13-23)20(26)17-5-3-10-22-15-17/h3,5-10,15H,2,4,11-14H2,1H3. The van der Waals surface area contributed by atoms with Crippen molar-refractivity contribution in [2.45, 2.75) is 13.3 Å². The maximum absolute atomic E-state index is 12.8. The lowest BCUT2D eigenvalue weighted by atomic mass is 10.2. The van der Waals surface area contributed by atoms with Gasteiger partial charge in [0.25, 0.3) is 11.8 Å². The lowest BCUT2D eigenvalue weighted by Gasteiger charge is -2.22. The van der Waals surface area contributed by atoms with Crippen LogP contribution in [0.5, 0.6) is 5.75 Å². The Morgan fingerprint density at radius 1 is 0.931 bits per heavy atom. The fourth-order valence-corrected chi connectivity index (χ4v) is 3.09. The van der Waals surface area contributed by atoms with Crippen LogP contribution in [0, 0.1) is 0 Å². The van der Waals surface area contributed by atoms with Crippen LogP contribution >= 0.6 is 0 Å². The molecule has 0 spiro atoms. The number of hydrogen-bond acceptors (Lipinski definition) is 6. The van der Waals surface area contributed by atoms with E-state index in [-0.39, 0.29) is 18.4 Å². The number of amides is 2. The van der Waals surface area contributed by atoms with E-state index in [1.807, 2.05) is 0 Å². The lowest BCUT2D eigenvalue weighted by molar-refractivity contribution is 0.0718. The highest BCUT2D eigenvalue weighted by Gasteiger charge is 2.23. The Morgan fingerprint density at radius 3 is 2.17 bits per heavy atom. The van der Waals surface area contributed by atoms with Crippen molar-refractivity contribution in [2.75, 3.05) is 32.8 Å². The molecular formula is C21H23N3O5. The Morgan fingerprint density at radius 2 is 1.59 bits per heavy atom. The van der Waals surface area contributed by atoms with Crippen LogP contribution in [0.25, 0.3) is 0 Å². The van der Waals surface area contributed by atoms with Crippen LogP contribution in [-0.4, -0.2) is 65.5 Å². The third-order valence-corrected chi connectivity index (χ3v) is 4.54. The molecule has 0 N–H and O–H groups in total. The predicted octanol–water partition coefficient (Wildman–Crippen LogP) is 2.61. The molecule has 1 aromatic heterocycles. The predicted molar refractivity (Wildman–Crippen MR) is 105 cm³/mol. The number of carbonyl (C=O) groups excluding carboxylic acids is 3. The van der Waals surface area contributed by atoms with E-state index < -0.39 is 6.16 Å². The first-order valence-corrected chi connectivity index (χ1v) is 9.51. The van der Waals surface area contributed by atoms with Gasteiger partial charge < -0.3 is 19.3 Å². The molecule has 152 valence electrons. The molecule has 1 fully saturated rings. The summed E-state index contributed by atoms with van der Waals surface area (Å²) >= 11 is 0. The zero-order valence-electron chi connectivity index (χ0n) is 16.2. The highest BCUT2D eigenvalue weighted by molar-refractivity contribution is 5.95. The van der Waals surface area contributed by atoms with E-state index in [2.05, 4.69) is 4.98 Å². The normalized spacial score (nSPS) is 14.1. The third kappa shape index (κ3) is 5.31. The first-order valence-electron chi connectivity index (χ1n) is 9.51. The second kappa shape index (κ2) is 9.68. The van der Waals surface area contributed by atoms with Crippen molar-refractivity contribution in [1.82, 2.24) is 14.8 Å². The maximum atomic E-state index is 12.8. The number of rotatable bonds is 4. The minimum Gasteiger partial charge on any atom is -0.434 e. The van der Waals surface area contributed by atoms with Gasteiger partial charge in [-0.05, 0) is 49.7 Å². The van der Waals surface area contributed by atoms with E-state index >= 15 is 0 Å². The van der Waals surface area contributed by atoms with E-state index in [0.717, 1.165) is 0 Å². The van der Waals surface area contributed by atoms with Crippen molar-refractivity contribution in [3.05, 3.63) is 59.9 Å². The quantitative estimate of drug-likeness (QED) is 0.582. The highest BCUT2D eigenvalue weighted by atomic mass is 16.7. The fourth-order valence-electron chi connectivity index (χ4n) is 3.09. The zero-order chi connectivity index (χ0) is 20.6. The van der Waals surface area contributed by atoms with Gasteiger partial charge in [0, 0.05) is 44.1 Å². The van der Waals surface area contributed by atoms with Gasteiger partial charge >= 0.3 is 6.16 Å². The van der Waals surface area contributed by atoms with Crippen molar-refractivity contribution in [2.24, 2.45) is 0 Å². The first-order chi connectivity index (χ1) is 14.1. The summed E-state index contributed by atoms with van der Waals surface area (Å²) < 4.78 is 9.72. The molecule has 3 rings (SSSR count). The molecule has 0 aliphatic carbocycles. The summed E-state index contributed by atoms with van der Waals surface area (Å²) in [6, 6.07) is 9.81. The minimum absolute atomic E-state index is 0.0760. The van der Waals surface area contributed by atoms with Crippen molar-refractivity contribution < 1.29 is 23.9 Å². The Balaban J connectivity index is 1.59. The van der Waals surface area contributed by atoms with Gasteiger partial charge in [-0.1, -0.05) is 0 Å². The monoisotopic (exact) mass is 397 g/mol. The SMILES string of the molecule is CCOC(=O)Oc1ccc(C(=O)N2CCCN(C(=O)c3cccnc3)CC2)cc1. The number of ether oxygens (including phenoxy) is 2. The first kappa shape index (κ1) is 20.3. The van der Waals surface area contributed by atoms with Gasteiger partial charge in [0.05, 0.1) is 12.2 Å². The van der Waals surface area contributed by atoms with Gasteiger partial charge in [-0.2, -0.15) is 0 Å². The molecule has 29 heavy (non-hydrogen) atoms. The number of benzene rings is 1. The molecule has 0 atom stereocenters. The summed E-state index contributed by atoms with van der Waals surface area (Å²) in [6.07, 6.45) is 3.10. The highest BCUT2D eigenvalue weighted by Crippen LogP contribution is 2.16. The van der Waals surface area contributed by atoms with E-state index in [0.29, 0.717) is 49.5 Å². The van der Waals surface area contributed by atoms with Crippen molar-refractivity contribution in [3.63, 3.8) is 0 Å². The van der Waals surface area contributed by atoms with Crippen LogP contribution in [0.15, 0.2) is 48.8 Å². The molecule has 0 saturated carbocycles. The molecule has 1 aliphatic heterocycles. The van der Waals surface area contributed by atoms with Gasteiger partial charge in [0.2, 0.25) is 0 Å². The number of aromatic nitrogens is 1. The minimum atomic E-state index is -0.780. The average Bonchev–Trinajstić information content (AvgIpc) is 3.00. The summed E-state index contributed by atoms with van der Waals surface area (Å²) in [4.78, 5) is 44.2. The lowest BCUT2D eigenvalue weighted by Crippen LogP contribution is -2.37. The third-order valence-electron chi connectivity index (χ3n) is 4.54. The number of nitrogens with zero attached hydrogens (tertiary/aromatic N) is 3. The molecule has 8 heteroatoms. The van der Waals surface area contributed by atoms with Gasteiger partial charge in [-0.3, -0.25) is 14.6 Å². The molecule has 0 unspecified atom stereocenters. The molecular weight excluding hydrogens is 374 g/mol. The Bertz CT molecular complexity index is 854. The van der Waals surface area contributed by atoms with E-state index in [1.165, 1.54) is 0 Å². The summed E-state index contributed by atoms with van der Waals surface area (Å²) in [5.74, 6) is 0.111. The van der Waals surface area contributed by atoms with Crippen molar-refractivity contribution >= 4 is 18.0 Å². The smallest absolute Gasteiger partial charge is 0.434 e. The van der Waals surface area contributed by atoms with Crippen LogP contribution in [0.4, 0.5) is 4.79 Å². The Kier molecular flexibility index (Phi) is 6.78. The second-order valence-electron chi connectivity index (χ2n) is 6.49. The summed E-state index contributed by atoms with van der Waals surface area (Å²) in [5, 5.41) is 0. The van der Waals surface area contributed by atoms with Crippen LogP contribution in [0.2, 0.25) is 0 Å². The van der Waals surface area contributed by atoms with Crippen LogP contribution in [0.3, 0.4) is 0 Å². The van der Waals surface area contributed by atoms with Gasteiger partial charge in [-0.25, -0.2) is 4.79 Å². The molecule has 0 radical (unpaired) electrons. The average molecular weight is 397 g/mol. The van der Waals surface area contributed by atoms with Crippen LogP contribution in [0.1, 0.15) is 34.1 Å². The molecule has 2 aromatic rings. The zero-order valence-corrected chi connectivity index (χ0v) is 16.2. The molecule has 0 bridgehead atoms. The fraction of sp³-hybridized carbons (Fsp3) is 0.333. The number of pyridine rings is 1. The van der Waals surface area contributed by atoms with E-state index in [9.17, 15) is 14.4 Å². The van der Waals surface area contributed by atoms with E-state index in [1.54, 1.807) is 65.5 Å². The molecule has 2 amide bonds. The molecule has 2 heterocycles. The largest absolute Gasteiger partial charge is 0.513 e. The molecule has 8 nitrogen and oxygen atoms in total. The molecule has 1 aromatic carbocycles.